The van der Waals surface area contributed by atoms with E-state index < -0.39 is 0 Å². The zero-order valence-electron chi connectivity index (χ0n) is 10.9. The van der Waals surface area contributed by atoms with Gasteiger partial charge >= 0.3 is 0 Å². The Hall–Kier alpha value is -0.540. The molecule has 2 nitrogen and oxygen atoms in total. The maximum atomic E-state index is 12.2. The molecule has 4 heteroatoms. The average Bonchev–Trinajstić information content (AvgIpc) is 2.37. The zero-order chi connectivity index (χ0) is 13.5. The minimum Gasteiger partial charge on any atom is -0.342 e. The maximum absolute atomic E-state index is 12.2. The summed E-state index contributed by atoms with van der Waals surface area (Å²) in [5.41, 5.74) is 1.56. The lowest BCUT2D eigenvalue weighted by atomic mass is 10.1. The molecule has 0 saturated heterocycles. The number of carbonyl (C=O) groups excluding carboxylic acids is 1. The van der Waals surface area contributed by atoms with Crippen LogP contribution >= 0.6 is 27.5 Å². The van der Waals surface area contributed by atoms with Crippen molar-refractivity contribution < 1.29 is 4.79 Å². The van der Waals surface area contributed by atoms with Crippen molar-refractivity contribution in [2.75, 3.05) is 18.9 Å². The van der Waals surface area contributed by atoms with E-state index in [0.29, 0.717) is 10.6 Å². The first-order valence-corrected chi connectivity index (χ1v) is 7.64. The molecule has 0 radical (unpaired) electrons. The van der Waals surface area contributed by atoms with Crippen molar-refractivity contribution >= 4 is 33.4 Å². The molecule has 0 N–H and O–H groups in total. The number of benzene rings is 1. The fourth-order valence-electron chi connectivity index (χ4n) is 1.77. The molecule has 0 aliphatic rings. The summed E-state index contributed by atoms with van der Waals surface area (Å²) in [7, 11) is 1.84. The Balaban J connectivity index is 2.60. The van der Waals surface area contributed by atoms with Crippen LogP contribution < -0.4 is 0 Å². The van der Waals surface area contributed by atoms with Gasteiger partial charge in [-0.25, -0.2) is 0 Å². The standard InChI is InChI=1S/C14H19BrClNO/c1-11-12(7-6-8-13(11)16)14(18)17(2)10-5-3-4-9-15/h6-8H,3-5,9-10H2,1-2H3. The highest BCUT2D eigenvalue weighted by Crippen LogP contribution is 2.20. The molecular weight excluding hydrogens is 314 g/mol. The van der Waals surface area contributed by atoms with Gasteiger partial charge in [0.25, 0.3) is 5.91 Å². The van der Waals surface area contributed by atoms with E-state index in [1.165, 1.54) is 0 Å². The molecule has 1 aromatic rings. The molecule has 0 aliphatic carbocycles. The third kappa shape index (κ3) is 4.29. The second kappa shape index (κ2) is 7.80. The van der Waals surface area contributed by atoms with Gasteiger partial charge in [-0.2, -0.15) is 0 Å². The first-order valence-electron chi connectivity index (χ1n) is 6.14. The normalized spacial score (nSPS) is 10.4. The maximum Gasteiger partial charge on any atom is 0.253 e. The fraction of sp³-hybridized carbons (Fsp3) is 0.500. The van der Waals surface area contributed by atoms with Crippen LogP contribution in [0.5, 0.6) is 0 Å². The lowest BCUT2D eigenvalue weighted by Crippen LogP contribution is -2.28. The van der Waals surface area contributed by atoms with Gasteiger partial charge in [-0.05, 0) is 37.5 Å². The molecule has 18 heavy (non-hydrogen) atoms. The Morgan fingerprint density at radius 3 is 2.72 bits per heavy atom. The molecule has 1 rings (SSSR count). The number of carbonyl (C=O) groups is 1. The monoisotopic (exact) mass is 331 g/mol. The molecule has 0 saturated carbocycles. The summed E-state index contributed by atoms with van der Waals surface area (Å²) in [5, 5.41) is 1.67. The number of nitrogens with zero attached hydrogens (tertiary/aromatic N) is 1. The third-order valence-electron chi connectivity index (χ3n) is 2.97. The van der Waals surface area contributed by atoms with E-state index in [1.54, 1.807) is 4.90 Å². The van der Waals surface area contributed by atoms with E-state index >= 15 is 0 Å². The van der Waals surface area contributed by atoms with Gasteiger partial charge in [0.05, 0.1) is 0 Å². The summed E-state index contributed by atoms with van der Waals surface area (Å²) < 4.78 is 0. The van der Waals surface area contributed by atoms with Gasteiger partial charge in [-0.1, -0.05) is 40.0 Å². The zero-order valence-corrected chi connectivity index (χ0v) is 13.2. The molecule has 1 aromatic carbocycles. The van der Waals surface area contributed by atoms with Gasteiger partial charge < -0.3 is 4.90 Å². The van der Waals surface area contributed by atoms with Crippen LogP contribution in [0.15, 0.2) is 18.2 Å². The first kappa shape index (κ1) is 15.5. The van der Waals surface area contributed by atoms with Crippen LogP contribution in [0.4, 0.5) is 0 Å². The highest BCUT2D eigenvalue weighted by Gasteiger charge is 2.14. The van der Waals surface area contributed by atoms with E-state index in [1.807, 2.05) is 32.2 Å². The summed E-state index contributed by atoms with van der Waals surface area (Å²) in [4.78, 5) is 14.0. The van der Waals surface area contributed by atoms with Crippen molar-refractivity contribution in [3.63, 3.8) is 0 Å². The van der Waals surface area contributed by atoms with Gasteiger partial charge in [-0.15, -0.1) is 0 Å². The van der Waals surface area contributed by atoms with E-state index in [0.717, 1.165) is 36.7 Å². The van der Waals surface area contributed by atoms with Gasteiger partial charge in [0, 0.05) is 29.5 Å². The molecule has 0 heterocycles. The van der Waals surface area contributed by atoms with E-state index in [9.17, 15) is 4.79 Å². The Kier molecular flexibility index (Phi) is 6.72. The quantitative estimate of drug-likeness (QED) is 0.562. The molecule has 0 atom stereocenters. The van der Waals surface area contributed by atoms with E-state index in [2.05, 4.69) is 15.9 Å². The fourth-order valence-corrected chi connectivity index (χ4v) is 2.34. The van der Waals surface area contributed by atoms with Crippen LogP contribution in [0, 0.1) is 6.92 Å². The second-order valence-corrected chi connectivity index (χ2v) is 5.59. The molecule has 0 bridgehead atoms. The number of rotatable bonds is 6. The van der Waals surface area contributed by atoms with Crippen molar-refractivity contribution in [3.8, 4) is 0 Å². The Labute approximate surface area is 122 Å². The molecule has 0 spiro atoms. The highest BCUT2D eigenvalue weighted by molar-refractivity contribution is 9.09. The predicted molar refractivity (Wildman–Crippen MR) is 80.8 cm³/mol. The van der Waals surface area contributed by atoms with Crippen molar-refractivity contribution in [2.45, 2.75) is 26.2 Å². The molecular formula is C14H19BrClNO. The van der Waals surface area contributed by atoms with Crippen LogP contribution in [0.25, 0.3) is 0 Å². The number of alkyl halides is 1. The number of hydrogen-bond donors (Lipinski definition) is 0. The number of halogens is 2. The SMILES string of the molecule is Cc1c(Cl)cccc1C(=O)N(C)CCCCCBr. The molecule has 100 valence electrons. The van der Waals surface area contributed by atoms with Crippen molar-refractivity contribution in [1.29, 1.82) is 0 Å². The lowest BCUT2D eigenvalue weighted by Gasteiger charge is -2.18. The van der Waals surface area contributed by atoms with Gasteiger partial charge in [0.2, 0.25) is 0 Å². The Morgan fingerprint density at radius 2 is 2.06 bits per heavy atom. The van der Waals surface area contributed by atoms with Crippen LogP contribution in [0.2, 0.25) is 5.02 Å². The summed E-state index contributed by atoms with van der Waals surface area (Å²) in [6, 6.07) is 5.46. The molecule has 0 unspecified atom stereocenters. The van der Waals surface area contributed by atoms with Crippen molar-refractivity contribution in [1.82, 2.24) is 4.90 Å². The van der Waals surface area contributed by atoms with Gasteiger partial charge in [0.15, 0.2) is 0 Å². The van der Waals surface area contributed by atoms with Gasteiger partial charge in [-0.3, -0.25) is 4.79 Å². The van der Waals surface area contributed by atoms with Crippen molar-refractivity contribution in [2.24, 2.45) is 0 Å². The molecule has 0 aliphatic heterocycles. The molecule has 1 amide bonds. The van der Waals surface area contributed by atoms with Crippen LogP contribution in [0.1, 0.15) is 35.2 Å². The first-order chi connectivity index (χ1) is 8.57. The highest BCUT2D eigenvalue weighted by atomic mass is 79.9. The summed E-state index contributed by atoms with van der Waals surface area (Å²) in [5.74, 6) is 0.0499. The van der Waals surface area contributed by atoms with Crippen molar-refractivity contribution in [3.05, 3.63) is 34.3 Å². The van der Waals surface area contributed by atoms with Gasteiger partial charge in [0.1, 0.15) is 0 Å². The number of hydrogen-bond acceptors (Lipinski definition) is 1. The average molecular weight is 333 g/mol. The largest absolute Gasteiger partial charge is 0.342 e. The minimum absolute atomic E-state index is 0.0499. The summed E-state index contributed by atoms with van der Waals surface area (Å²) in [6.07, 6.45) is 3.32. The Bertz CT molecular complexity index is 409. The number of amides is 1. The van der Waals surface area contributed by atoms with Crippen LogP contribution in [0.3, 0.4) is 0 Å². The summed E-state index contributed by atoms with van der Waals surface area (Å²) in [6.45, 7) is 2.67. The van der Waals surface area contributed by atoms with E-state index in [4.69, 9.17) is 11.6 Å². The van der Waals surface area contributed by atoms with Crippen LogP contribution in [-0.4, -0.2) is 29.7 Å². The van der Waals surface area contributed by atoms with Crippen LogP contribution in [-0.2, 0) is 0 Å². The predicted octanol–water partition coefficient (Wildman–Crippen LogP) is 4.29. The minimum atomic E-state index is 0.0499. The smallest absolute Gasteiger partial charge is 0.253 e. The third-order valence-corrected chi connectivity index (χ3v) is 3.94. The Morgan fingerprint density at radius 1 is 1.33 bits per heavy atom. The number of unbranched alkanes of at least 4 members (excludes halogenated alkanes) is 2. The molecule has 0 fully saturated rings. The lowest BCUT2D eigenvalue weighted by molar-refractivity contribution is 0.0792. The second-order valence-electron chi connectivity index (χ2n) is 4.39. The topological polar surface area (TPSA) is 20.3 Å². The molecule has 0 aromatic heterocycles. The summed E-state index contributed by atoms with van der Waals surface area (Å²) >= 11 is 9.44. The van der Waals surface area contributed by atoms with E-state index in [-0.39, 0.29) is 5.91 Å².